The zero-order valence-corrected chi connectivity index (χ0v) is 22.0. The quantitative estimate of drug-likeness (QED) is 0.255. The molecular weight excluding hydrogens is 494 g/mol. The van der Waals surface area contributed by atoms with Gasteiger partial charge < -0.3 is 18.9 Å². The van der Waals surface area contributed by atoms with Crippen molar-refractivity contribution >= 4 is 11.5 Å². The van der Waals surface area contributed by atoms with Crippen molar-refractivity contribution in [1.82, 2.24) is 9.88 Å². The van der Waals surface area contributed by atoms with Crippen LogP contribution in [0.15, 0.2) is 48.2 Å². The summed E-state index contributed by atoms with van der Waals surface area (Å²) in [6.45, 7) is 5.43. The second-order valence-electron chi connectivity index (χ2n) is 9.47. The summed E-state index contributed by atoms with van der Waals surface area (Å²) in [6, 6.07) is 11.7. The Kier molecular flexibility index (Phi) is 10.2. The fourth-order valence-corrected chi connectivity index (χ4v) is 5.20. The summed E-state index contributed by atoms with van der Waals surface area (Å²) < 4.78 is 48.4. The van der Waals surface area contributed by atoms with Crippen molar-refractivity contribution in [2.75, 3.05) is 46.2 Å². The number of ether oxygens (including phenoxy) is 4. The molecule has 0 spiro atoms. The second kappa shape index (κ2) is 13.8. The molecule has 0 saturated heterocycles. The number of alkyl halides is 2. The molecular formula is C29H36F2N2O5. The van der Waals surface area contributed by atoms with E-state index < -0.39 is 6.43 Å². The van der Waals surface area contributed by atoms with Crippen LogP contribution in [0.4, 0.5) is 8.78 Å². The monoisotopic (exact) mass is 530 g/mol. The molecule has 7 nitrogen and oxygen atoms in total. The van der Waals surface area contributed by atoms with E-state index >= 15 is 0 Å². The molecule has 0 fully saturated rings. The predicted molar refractivity (Wildman–Crippen MR) is 139 cm³/mol. The fourth-order valence-electron chi connectivity index (χ4n) is 5.20. The molecule has 2 atom stereocenters. The average Bonchev–Trinajstić information content (AvgIpc) is 3.26. The molecule has 1 aromatic heterocycles. The summed E-state index contributed by atoms with van der Waals surface area (Å²) in [6.07, 6.45) is 1.41. The largest absolute Gasteiger partial charge is 0.490 e. The van der Waals surface area contributed by atoms with E-state index in [0.29, 0.717) is 45.2 Å². The number of fused-ring (bicyclic) bond motifs is 2. The zero-order chi connectivity index (χ0) is 26.9. The number of nitrogens with zero attached hydrogens (tertiary/aromatic N) is 2. The number of rotatable bonds is 14. The van der Waals surface area contributed by atoms with Crippen LogP contribution < -0.4 is 4.74 Å². The Balaban J connectivity index is 1.30. The number of hydrogen-bond acceptors (Lipinski definition) is 7. The van der Waals surface area contributed by atoms with Crippen molar-refractivity contribution in [2.45, 2.75) is 51.6 Å². The van der Waals surface area contributed by atoms with Gasteiger partial charge in [-0.25, -0.2) is 13.6 Å². The molecule has 1 aromatic carbocycles. The SMILES string of the molecule is CCOC(=O)COCCCOCCOc1ccc([C@@H]2C3=C(C[C@@H](C)N2CC(F)F)c2ccccc2C3)nc1. The molecule has 2 aromatic rings. The topological polar surface area (TPSA) is 70.1 Å². The third-order valence-corrected chi connectivity index (χ3v) is 6.83. The predicted octanol–water partition coefficient (Wildman–Crippen LogP) is 4.86. The first-order chi connectivity index (χ1) is 18.5. The van der Waals surface area contributed by atoms with Crippen molar-refractivity contribution < 1.29 is 32.5 Å². The molecule has 0 bridgehead atoms. The van der Waals surface area contributed by atoms with E-state index in [1.54, 1.807) is 13.1 Å². The Morgan fingerprint density at radius 1 is 1.11 bits per heavy atom. The first-order valence-electron chi connectivity index (χ1n) is 13.2. The molecule has 0 N–H and O–H groups in total. The number of halogens is 2. The maximum atomic E-state index is 13.6. The van der Waals surface area contributed by atoms with Gasteiger partial charge in [-0.2, -0.15) is 0 Å². The molecule has 0 saturated carbocycles. The Morgan fingerprint density at radius 2 is 1.92 bits per heavy atom. The minimum absolute atomic E-state index is 0.0238. The van der Waals surface area contributed by atoms with Crippen LogP contribution in [-0.2, 0) is 25.4 Å². The molecule has 9 heteroatoms. The van der Waals surface area contributed by atoms with Crippen molar-refractivity contribution in [3.63, 3.8) is 0 Å². The molecule has 2 heterocycles. The van der Waals surface area contributed by atoms with E-state index in [9.17, 15) is 13.6 Å². The molecule has 0 amide bonds. The summed E-state index contributed by atoms with van der Waals surface area (Å²) in [5.74, 6) is 0.231. The number of pyridine rings is 1. The molecule has 4 rings (SSSR count). The Labute approximate surface area is 222 Å². The normalized spacial score (nSPS) is 19.0. The minimum atomic E-state index is -2.42. The van der Waals surface area contributed by atoms with E-state index in [-0.39, 0.29) is 31.2 Å². The van der Waals surface area contributed by atoms with Crippen molar-refractivity contribution in [3.05, 3.63) is 65.0 Å². The zero-order valence-electron chi connectivity index (χ0n) is 22.0. The maximum Gasteiger partial charge on any atom is 0.332 e. The molecule has 0 radical (unpaired) electrons. The lowest BCUT2D eigenvalue weighted by Gasteiger charge is -2.41. The minimum Gasteiger partial charge on any atom is -0.490 e. The van der Waals surface area contributed by atoms with Gasteiger partial charge in [-0.3, -0.25) is 9.88 Å². The van der Waals surface area contributed by atoms with Crippen molar-refractivity contribution in [2.24, 2.45) is 0 Å². The summed E-state index contributed by atoms with van der Waals surface area (Å²) in [7, 11) is 0. The molecule has 2 aliphatic rings. The highest BCUT2D eigenvalue weighted by atomic mass is 19.3. The van der Waals surface area contributed by atoms with Gasteiger partial charge in [-0.05, 0) is 67.5 Å². The number of carbonyl (C=O) groups excluding carboxylic acids is 1. The number of benzene rings is 1. The van der Waals surface area contributed by atoms with Gasteiger partial charge in [0.25, 0.3) is 6.43 Å². The Hall–Kier alpha value is -2.88. The first-order valence-corrected chi connectivity index (χ1v) is 13.2. The van der Waals surface area contributed by atoms with Crippen molar-refractivity contribution in [1.29, 1.82) is 0 Å². The Bertz CT molecular complexity index is 1090. The van der Waals surface area contributed by atoms with Crippen LogP contribution in [0.2, 0.25) is 0 Å². The molecule has 38 heavy (non-hydrogen) atoms. The second-order valence-corrected chi connectivity index (χ2v) is 9.47. The van der Waals surface area contributed by atoms with E-state index in [0.717, 1.165) is 18.5 Å². The number of carbonyl (C=O) groups is 1. The fraction of sp³-hybridized carbons (Fsp3) is 0.517. The average molecular weight is 531 g/mol. The smallest absolute Gasteiger partial charge is 0.332 e. The van der Waals surface area contributed by atoms with E-state index in [1.165, 1.54) is 22.3 Å². The number of esters is 1. The first kappa shape index (κ1) is 28.1. The highest BCUT2D eigenvalue weighted by Crippen LogP contribution is 2.48. The third kappa shape index (κ3) is 7.15. The van der Waals surface area contributed by atoms with Gasteiger partial charge in [-0.1, -0.05) is 24.3 Å². The molecule has 1 aliphatic carbocycles. The lowest BCUT2D eigenvalue weighted by molar-refractivity contribution is -0.148. The number of hydrogen-bond donors (Lipinski definition) is 0. The van der Waals surface area contributed by atoms with Crippen LogP contribution >= 0.6 is 0 Å². The van der Waals surface area contributed by atoms with Gasteiger partial charge in [0.1, 0.15) is 19.0 Å². The molecule has 0 unspecified atom stereocenters. The van der Waals surface area contributed by atoms with Crippen LogP contribution in [0.5, 0.6) is 5.75 Å². The molecule has 1 aliphatic heterocycles. The van der Waals surface area contributed by atoms with Gasteiger partial charge in [0.05, 0.1) is 37.7 Å². The van der Waals surface area contributed by atoms with Gasteiger partial charge in [-0.15, -0.1) is 0 Å². The lowest BCUT2D eigenvalue weighted by atomic mass is 9.87. The van der Waals surface area contributed by atoms with Gasteiger partial charge in [0.2, 0.25) is 0 Å². The van der Waals surface area contributed by atoms with Crippen LogP contribution in [0, 0.1) is 0 Å². The summed E-state index contributed by atoms with van der Waals surface area (Å²) >= 11 is 0. The summed E-state index contributed by atoms with van der Waals surface area (Å²) in [4.78, 5) is 17.7. The van der Waals surface area contributed by atoms with Crippen LogP contribution in [-0.4, -0.2) is 74.5 Å². The Morgan fingerprint density at radius 3 is 2.68 bits per heavy atom. The van der Waals surface area contributed by atoms with Gasteiger partial charge >= 0.3 is 5.97 Å². The summed E-state index contributed by atoms with van der Waals surface area (Å²) in [5.41, 5.74) is 5.68. The van der Waals surface area contributed by atoms with Crippen LogP contribution in [0.25, 0.3) is 5.57 Å². The van der Waals surface area contributed by atoms with E-state index in [4.69, 9.17) is 18.9 Å². The third-order valence-electron chi connectivity index (χ3n) is 6.83. The number of aromatic nitrogens is 1. The van der Waals surface area contributed by atoms with E-state index in [2.05, 4.69) is 17.1 Å². The van der Waals surface area contributed by atoms with Crippen molar-refractivity contribution in [3.8, 4) is 5.75 Å². The summed E-state index contributed by atoms with van der Waals surface area (Å²) in [5, 5.41) is 0. The van der Waals surface area contributed by atoms with Gasteiger partial charge in [0, 0.05) is 19.3 Å². The maximum absolute atomic E-state index is 13.6. The van der Waals surface area contributed by atoms with Crippen LogP contribution in [0.3, 0.4) is 0 Å². The van der Waals surface area contributed by atoms with E-state index in [1.807, 2.05) is 36.1 Å². The van der Waals surface area contributed by atoms with Crippen LogP contribution in [0.1, 0.15) is 49.6 Å². The highest BCUT2D eigenvalue weighted by molar-refractivity contribution is 5.78. The highest BCUT2D eigenvalue weighted by Gasteiger charge is 2.40. The molecule has 206 valence electrons. The standard InChI is InChI=1S/C29H36F2N2O5/c1-3-37-28(34)19-36-12-6-11-35-13-14-38-22-9-10-26(32-17-22)29-25-16-21-7-4-5-8-23(21)24(25)15-20(2)33(29)18-27(30)31/h4-5,7-10,17,20,27,29H,3,6,11-16,18-19H2,1-2H3/t20-,29+/m1/s1. The lowest BCUT2D eigenvalue weighted by Crippen LogP contribution is -2.43. The van der Waals surface area contributed by atoms with Gasteiger partial charge in [0.15, 0.2) is 0 Å².